The maximum absolute atomic E-state index is 13.4. The van der Waals surface area contributed by atoms with Crippen LogP contribution >= 0.6 is 0 Å². The van der Waals surface area contributed by atoms with Crippen molar-refractivity contribution in [3.63, 3.8) is 0 Å². The Morgan fingerprint density at radius 2 is 1.83 bits per heavy atom. The van der Waals surface area contributed by atoms with Gasteiger partial charge in [0.15, 0.2) is 0 Å². The van der Waals surface area contributed by atoms with E-state index in [0.29, 0.717) is 6.54 Å². The van der Waals surface area contributed by atoms with Gasteiger partial charge in [-0.25, -0.2) is 9.18 Å². The summed E-state index contributed by atoms with van der Waals surface area (Å²) in [5.41, 5.74) is 0.956. The fraction of sp³-hybridized carbons (Fsp3) is 0.0714. The van der Waals surface area contributed by atoms with Gasteiger partial charge in [-0.1, -0.05) is 36.4 Å². The van der Waals surface area contributed by atoms with E-state index >= 15 is 0 Å². The third-order valence-electron chi connectivity index (χ3n) is 2.55. The Labute approximate surface area is 104 Å². The zero-order chi connectivity index (χ0) is 13.0. The Morgan fingerprint density at radius 1 is 1.11 bits per heavy atom. The maximum Gasteiger partial charge on any atom is 0.340 e. The summed E-state index contributed by atoms with van der Waals surface area (Å²) >= 11 is 0. The molecule has 2 aromatic carbocycles. The van der Waals surface area contributed by atoms with Crippen molar-refractivity contribution in [2.24, 2.45) is 0 Å². The van der Waals surface area contributed by atoms with Gasteiger partial charge < -0.3 is 10.4 Å². The van der Waals surface area contributed by atoms with Crippen molar-refractivity contribution in [2.45, 2.75) is 6.54 Å². The molecular weight excluding hydrogens is 233 g/mol. The minimum absolute atomic E-state index is 0.284. The standard InChI is InChI=1S/C14H12FNO2/c15-11-7-4-8-12(13(11)14(17)18)16-9-10-5-2-1-3-6-10/h1-8,16H,9H2,(H,17,18). The summed E-state index contributed by atoms with van der Waals surface area (Å²) in [6.45, 7) is 0.449. The Bertz CT molecular complexity index is 555. The monoisotopic (exact) mass is 245 g/mol. The van der Waals surface area contributed by atoms with Crippen LogP contribution in [0.1, 0.15) is 15.9 Å². The first-order valence-electron chi connectivity index (χ1n) is 5.48. The summed E-state index contributed by atoms with van der Waals surface area (Å²) in [6.07, 6.45) is 0. The molecule has 0 aromatic heterocycles. The second-order valence-corrected chi connectivity index (χ2v) is 3.81. The van der Waals surface area contributed by atoms with Crippen molar-refractivity contribution in [3.05, 3.63) is 65.5 Å². The number of halogens is 1. The maximum atomic E-state index is 13.4. The topological polar surface area (TPSA) is 49.3 Å². The summed E-state index contributed by atoms with van der Waals surface area (Å²) in [6, 6.07) is 13.7. The third-order valence-corrected chi connectivity index (χ3v) is 2.55. The molecule has 2 N–H and O–H groups in total. The molecule has 0 bridgehead atoms. The average molecular weight is 245 g/mol. The third kappa shape index (κ3) is 2.66. The minimum atomic E-state index is -1.27. The van der Waals surface area contributed by atoms with E-state index in [4.69, 9.17) is 5.11 Å². The van der Waals surface area contributed by atoms with Crippen molar-refractivity contribution < 1.29 is 14.3 Å². The molecule has 4 heteroatoms. The Kier molecular flexibility index (Phi) is 3.57. The number of hydrogen-bond acceptors (Lipinski definition) is 2. The number of rotatable bonds is 4. The van der Waals surface area contributed by atoms with E-state index in [2.05, 4.69) is 5.32 Å². The van der Waals surface area contributed by atoms with Gasteiger partial charge >= 0.3 is 5.97 Å². The van der Waals surface area contributed by atoms with Crippen molar-refractivity contribution >= 4 is 11.7 Å². The first-order valence-corrected chi connectivity index (χ1v) is 5.48. The number of aromatic carboxylic acids is 1. The second-order valence-electron chi connectivity index (χ2n) is 3.81. The van der Waals surface area contributed by atoms with Crippen LogP contribution in [0, 0.1) is 5.82 Å². The predicted molar refractivity (Wildman–Crippen MR) is 67.1 cm³/mol. The quantitative estimate of drug-likeness (QED) is 0.870. The lowest BCUT2D eigenvalue weighted by Crippen LogP contribution is -2.08. The highest BCUT2D eigenvalue weighted by Gasteiger charge is 2.14. The number of carbonyl (C=O) groups is 1. The molecule has 0 fully saturated rings. The van der Waals surface area contributed by atoms with E-state index in [0.717, 1.165) is 11.6 Å². The Balaban J connectivity index is 2.20. The molecule has 0 saturated heterocycles. The van der Waals surface area contributed by atoms with Crippen LogP contribution < -0.4 is 5.32 Å². The molecule has 0 atom stereocenters. The zero-order valence-electron chi connectivity index (χ0n) is 9.56. The number of nitrogens with one attached hydrogen (secondary N) is 1. The largest absolute Gasteiger partial charge is 0.478 e. The number of hydrogen-bond donors (Lipinski definition) is 2. The molecule has 2 rings (SSSR count). The van der Waals surface area contributed by atoms with E-state index in [9.17, 15) is 9.18 Å². The van der Waals surface area contributed by atoms with Crippen LogP contribution in [0.4, 0.5) is 10.1 Å². The molecule has 0 heterocycles. The van der Waals surface area contributed by atoms with E-state index in [-0.39, 0.29) is 11.3 Å². The zero-order valence-corrected chi connectivity index (χ0v) is 9.56. The molecule has 3 nitrogen and oxygen atoms in total. The molecule has 0 saturated carbocycles. The molecule has 0 aliphatic heterocycles. The predicted octanol–water partition coefficient (Wildman–Crippen LogP) is 3.14. The highest BCUT2D eigenvalue weighted by molar-refractivity contribution is 5.94. The van der Waals surface area contributed by atoms with Crippen molar-refractivity contribution in [1.82, 2.24) is 0 Å². The highest BCUT2D eigenvalue weighted by Crippen LogP contribution is 2.19. The summed E-state index contributed by atoms with van der Waals surface area (Å²) in [5.74, 6) is -2.01. The normalized spacial score (nSPS) is 10.1. The van der Waals surface area contributed by atoms with E-state index in [1.807, 2.05) is 30.3 Å². The first kappa shape index (κ1) is 12.1. The number of carboxylic acid groups (broad SMARTS) is 1. The Hall–Kier alpha value is -2.36. The van der Waals surface area contributed by atoms with E-state index in [1.54, 1.807) is 6.07 Å². The van der Waals surface area contributed by atoms with Gasteiger partial charge in [-0.3, -0.25) is 0 Å². The van der Waals surface area contributed by atoms with E-state index in [1.165, 1.54) is 6.07 Å². The SMILES string of the molecule is O=C(O)c1c(F)cccc1NCc1ccccc1. The fourth-order valence-corrected chi connectivity index (χ4v) is 1.68. The first-order chi connectivity index (χ1) is 8.68. The lowest BCUT2D eigenvalue weighted by atomic mass is 10.1. The van der Waals surface area contributed by atoms with Crippen molar-refractivity contribution in [2.75, 3.05) is 5.32 Å². The van der Waals surface area contributed by atoms with Gasteiger partial charge in [-0.15, -0.1) is 0 Å². The molecule has 92 valence electrons. The molecule has 0 radical (unpaired) electrons. The summed E-state index contributed by atoms with van der Waals surface area (Å²) in [4.78, 5) is 11.0. The number of anilines is 1. The highest BCUT2D eigenvalue weighted by atomic mass is 19.1. The van der Waals surface area contributed by atoms with Crippen LogP contribution in [0.3, 0.4) is 0 Å². The molecule has 0 aliphatic carbocycles. The van der Waals surface area contributed by atoms with Gasteiger partial charge in [0.2, 0.25) is 0 Å². The van der Waals surface area contributed by atoms with E-state index < -0.39 is 11.8 Å². The molecule has 0 spiro atoms. The van der Waals surface area contributed by atoms with Crippen LogP contribution in [0.5, 0.6) is 0 Å². The number of carboxylic acids is 1. The average Bonchev–Trinajstić information content (AvgIpc) is 2.37. The van der Waals surface area contributed by atoms with Crippen LogP contribution in [-0.4, -0.2) is 11.1 Å². The van der Waals surface area contributed by atoms with Gasteiger partial charge in [0, 0.05) is 6.54 Å². The van der Waals surface area contributed by atoms with Crippen LogP contribution in [-0.2, 0) is 6.54 Å². The van der Waals surface area contributed by atoms with Gasteiger partial charge in [-0.05, 0) is 17.7 Å². The van der Waals surface area contributed by atoms with Crippen LogP contribution in [0.15, 0.2) is 48.5 Å². The second kappa shape index (κ2) is 5.31. The Morgan fingerprint density at radius 3 is 2.50 bits per heavy atom. The molecule has 18 heavy (non-hydrogen) atoms. The summed E-state index contributed by atoms with van der Waals surface area (Å²) in [7, 11) is 0. The van der Waals surface area contributed by atoms with Gasteiger partial charge in [0.1, 0.15) is 11.4 Å². The molecule has 0 unspecified atom stereocenters. The molecule has 0 aliphatic rings. The summed E-state index contributed by atoms with van der Waals surface area (Å²) < 4.78 is 13.4. The lowest BCUT2D eigenvalue weighted by molar-refractivity contribution is 0.0693. The molecule has 0 amide bonds. The fourth-order valence-electron chi connectivity index (χ4n) is 1.68. The van der Waals surface area contributed by atoms with Gasteiger partial charge in [0.25, 0.3) is 0 Å². The molecular formula is C14H12FNO2. The van der Waals surface area contributed by atoms with Crippen molar-refractivity contribution in [1.29, 1.82) is 0 Å². The number of benzene rings is 2. The van der Waals surface area contributed by atoms with Crippen molar-refractivity contribution in [3.8, 4) is 0 Å². The smallest absolute Gasteiger partial charge is 0.340 e. The minimum Gasteiger partial charge on any atom is -0.478 e. The molecule has 2 aromatic rings. The van der Waals surface area contributed by atoms with Gasteiger partial charge in [-0.2, -0.15) is 0 Å². The lowest BCUT2D eigenvalue weighted by Gasteiger charge is -2.10. The van der Waals surface area contributed by atoms with Crippen LogP contribution in [0.25, 0.3) is 0 Å². The van der Waals surface area contributed by atoms with Crippen LogP contribution in [0.2, 0.25) is 0 Å². The van der Waals surface area contributed by atoms with Gasteiger partial charge in [0.05, 0.1) is 5.69 Å². The summed E-state index contributed by atoms with van der Waals surface area (Å²) in [5, 5.41) is 11.9.